The Hall–Kier alpha value is -3.72. The van der Waals surface area contributed by atoms with Crippen molar-refractivity contribution in [2.45, 2.75) is 5.79 Å². The van der Waals surface area contributed by atoms with Gasteiger partial charge in [-0.1, -0.05) is 78.9 Å². The largest absolute Gasteiger partial charge is 0.492 e. The maximum Gasteiger partial charge on any atom is 0.414 e. The summed E-state index contributed by atoms with van der Waals surface area (Å²) < 4.78 is 18.5. The minimum absolute atomic E-state index is 0.298. The van der Waals surface area contributed by atoms with E-state index in [1.807, 2.05) is 66.7 Å². The van der Waals surface area contributed by atoms with E-state index in [4.69, 9.17) is 34.0 Å². The lowest BCUT2D eigenvalue weighted by atomic mass is 9.95. The highest BCUT2D eigenvalue weighted by molar-refractivity contribution is 6.27. The van der Waals surface area contributed by atoms with Crippen molar-refractivity contribution in [3.63, 3.8) is 0 Å². The fourth-order valence-corrected chi connectivity index (χ4v) is 3.56. The number of para-hydroxylation sites is 1. The molecule has 4 rings (SSSR count). The number of carboxylic acids is 2. The molecule has 3 aromatic carbocycles. The number of hydrogen-bond donors (Lipinski definition) is 3. The SMILES string of the molecule is O=C(O)C(=O)O.c1ccc(OCCNCC2COC(c3ccccc3)(c3ccccc3)OC2)cc1. The summed E-state index contributed by atoms with van der Waals surface area (Å²) in [5.74, 6) is -3.29. The Morgan fingerprint density at radius 2 is 1.26 bits per heavy atom. The Morgan fingerprint density at radius 1 is 0.800 bits per heavy atom. The van der Waals surface area contributed by atoms with Gasteiger partial charge in [-0.25, -0.2) is 9.59 Å². The van der Waals surface area contributed by atoms with Crippen LogP contribution in [-0.4, -0.2) is 55.1 Å². The van der Waals surface area contributed by atoms with Gasteiger partial charge in [-0.2, -0.15) is 0 Å². The van der Waals surface area contributed by atoms with Gasteiger partial charge in [0, 0.05) is 30.1 Å². The van der Waals surface area contributed by atoms with E-state index in [0.717, 1.165) is 30.0 Å². The van der Waals surface area contributed by atoms with Crippen LogP contribution in [0.1, 0.15) is 11.1 Å². The molecule has 8 nitrogen and oxygen atoms in total. The van der Waals surface area contributed by atoms with Crippen molar-refractivity contribution in [1.29, 1.82) is 0 Å². The number of aliphatic carboxylic acids is 2. The lowest BCUT2D eigenvalue weighted by Gasteiger charge is -2.41. The molecule has 0 saturated carbocycles. The summed E-state index contributed by atoms with van der Waals surface area (Å²) in [5.41, 5.74) is 2.04. The molecule has 1 fully saturated rings. The molecule has 1 heterocycles. The molecule has 0 amide bonds. The third-order valence-electron chi connectivity index (χ3n) is 5.26. The number of hydrogen-bond acceptors (Lipinski definition) is 6. The third kappa shape index (κ3) is 7.65. The predicted molar refractivity (Wildman–Crippen MR) is 129 cm³/mol. The topological polar surface area (TPSA) is 114 Å². The van der Waals surface area contributed by atoms with Crippen molar-refractivity contribution < 1.29 is 34.0 Å². The van der Waals surface area contributed by atoms with Gasteiger partial charge in [-0.15, -0.1) is 0 Å². The highest BCUT2D eigenvalue weighted by Gasteiger charge is 2.41. The highest BCUT2D eigenvalue weighted by atomic mass is 16.7. The Bertz CT molecular complexity index is 983. The first kappa shape index (κ1) is 25.9. The van der Waals surface area contributed by atoms with Crippen molar-refractivity contribution in [1.82, 2.24) is 5.32 Å². The summed E-state index contributed by atoms with van der Waals surface area (Å²) in [4.78, 5) is 18.2. The van der Waals surface area contributed by atoms with Gasteiger partial charge in [0.15, 0.2) is 0 Å². The van der Waals surface area contributed by atoms with Gasteiger partial charge in [-0.3, -0.25) is 0 Å². The monoisotopic (exact) mass is 479 g/mol. The smallest absolute Gasteiger partial charge is 0.414 e. The molecule has 0 unspecified atom stereocenters. The molecular weight excluding hydrogens is 450 g/mol. The number of ether oxygens (including phenoxy) is 3. The molecule has 0 atom stereocenters. The zero-order valence-corrected chi connectivity index (χ0v) is 19.2. The van der Waals surface area contributed by atoms with Crippen LogP contribution in [0.15, 0.2) is 91.0 Å². The average Bonchev–Trinajstić information content (AvgIpc) is 2.91. The van der Waals surface area contributed by atoms with Crippen molar-refractivity contribution in [3.8, 4) is 5.75 Å². The fraction of sp³-hybridized carbons (Fsp3) is 0.259. The molecule has 0 aromatic heterocycles. The standard InChI is InChI=1S/C25H27NO3.C2H2O4/c1-4-10-22(11-5-1)25(23-12-6-2-7-13-23)28-19-21(20-29-25)18-26-16-17-27-24-14-8-3-9-15-24;3-1(4)2(5)6/h1-15,21,26H,16-20H2;(H,3,4)(H,5,6). The Balaban J connectivity index is 0.000000509. The van der Waals surface area contributed by atoms with Crippen LogP contribution < -0.4 is 10.1 Å². The number of carbonyl (C=O) groups is 2. The van der Waals surface area contributed by atoms with Gasteiger partial charge < -0.3 is 29.7 Å². The summed E-state index contributed by atoms with van der Waals surface area (Å²) >= 11 is 0. The van der Waals surface area contributed by atoms with E-state index in [1.54, 1.807) is 0 Å². The van der Waals surface area contributed by atoms with Gasteiger partial charge >= 0.3 is 11.9 Å². The van der Waals surface area contributed by atoms with Crippen LogP contribution in [0.5, 0.6) is 5.75 Å². The molecule has 0 aliphatic carbocycles. The third-order valence-corrected chi connectivity index (χ3v) is 5.26. The van der Waals surface area contributed by atoms with Gasteiger partial charge in [0.05, 0.1) is 13.2 Å². The summed E-state index contributed by atoms with van der Waals surface area (Å²) in [5, 5.41) is 18.2. The van der Waals surface area contributed by atoms with Crippen LogP contribution >= 0.6 is 0 Å². The molecular formula is C27H29NO7. The van der Waals surface area contributed by atoms with Gasteiger partial charge in [0.1, 0.15) is 12.4 Å². The van der Waals surface area contributed by atoms with Crippen LogP contribution in [-0.2, 0) is 24.8 Å². The van der Waals surface area contributed by atoms with E-state index < -0.39 is 17.7 Å². The van der Waals surface area contributed by atoms with Crippen molar-refractivity contribution in [3.05, 3.63) is 102 Å². The molecule has 3 N–H and O–H groups in total. The summed E-state index contributed by atoms with van der Waals surface area (Å²) in [6.45, 7) is 3.52. The lowest BCUT2D eigenvalue weighted by molar-refractivity contribution is -0.266. The van der Waals surface area contributed by atoms with Crippen molar-refractivity contribution in [2.75, 3.05) is 32.9 Å². The number of rotatable bonds is 8. The Kier molecular flexibility index (Phi) is 9.80. The zero-order valence-electron chi connectivity index (χ0n) is 19.2. The molecule has 0 bridgehead atoms. The van der Waals surface area contributed by atoms with Gasteiger partial charge in [0.2, 0.25) is 5.79 Å². The van der Waals surface area contributed by atoms with Crippen LogP contribution in [0.3, 0.4) is 0 Å². The highest BCUT2D eigenvalue weighted by Crippen LogP contribution is 2.38. The Labute approximate surface area is 204 Å². The van der Waals surface area contributed by atoms with E-state index in [0.29, 0.717) is 25.7 Å². The molecule has 8 heteroatoms. The number of benzene rings is 3. The second kappa shape index (κ2) is 13.2. The quantitative estimate of drug-likeness (QED) is 0.333. The lowest BCUT2D eigenvalue weighted by Crippen LogP contribution is -2.45. The molecule has 35 heavy (non-hydrogen) atoms. The first-order valence-electron chi connectivity index (χ1n) is 11.2. The molecule has 1 aliphatic rings. The number of carboxylic acid groups (broad SMARTS) is 2. The minimum Gasteiger partial charge on any atom is -0.492 e. The maximum atomic E-state index is 9.10. The fourth-order valence-electron chi connectivity index (χ4n) is 3.56. The molecule has 184 valence electrons. The second-order valence-electron chi connectivity index (χ2n) is 7.81. The molecule has 0 radical (unpaired) electrons. The second-order valence-corrected chi connectivity index (χ2v) is 7.81. The van der Waals surface area contributed by atoms with E-state index in [-0.39, 0.29) is 0 Å². The molecule has 3 aromatic rings. The minimum atomic E-state index is -1.82. The number of nitrogens with one attached hydrogen (secondary N) is 1. The first-order valence-corrected chi connectivity index (χ1v) is 11.2. The van der Waals surface area contributed by atoms with Crippen LogP contribution in [0.4, 0.5) is 0 Å². The van der Waals surface area contributed by atoms with E-state index in [2.05, 4.69) is 29.6 Å². The van der Waals surface area contributed by atoms with Crippen molar-refractivity contribution >= 4 is 11.9 Å². The van der Waals surface area contributed by atoms with Crippen LogP contribution in [0, 0.1) is 5.92 Å². The van der Waals surface area contributed by atoms with E-state index in [1.165, 1.54) is 0 Å². The average molecular weight is 480 g/mol. The van der Waals surface area contributed by atoms with Crippen LogP contribution in [0.2, 0.25) is 0 Å². The summed E-state index contributed by atoms with van der Waals surface area (Å²) in [6.07, 6.45) is 0. The molecule has 1 aliphatic heterocycles. The Morgan fingerprint density at radius 3 is 1.71 bits per heavy atom. The zero-order chi connectivity index (χ0) is 24.9. The maximum absolute atomic E-state index is 9.10. The predicted octanol–water partition coefficient (Wildman–Crippen LogP) is 3.37. The van der Waals surface area contributed by atoms with E-state index in [9.17, 15) is 0 Å². The summed E-state index contributed by atoms with van der Waals surface area (Å²) in [6, 6.07) is 30.2. The summed E-state index contributed by atoms with van der Waals surface area (Å²) in [7, 11) is 0. The van der Waals surface area contributed by atoms with Gasteiger partial charge in [0.25, 0.3) is 0 Å². The molecule has 1 saturated heterocycles. The first-order chi connectivity index (χ1) is 17.0. The normalized spacial score (nSPS) is 14.9. The van der Waals surface area contributed by atoms with Crippen molar-refractivity contribution in [2.24, 2.45) is 5.92 Å². The van der Waals surface area contributed by atoms with Crippen LogP contribution in [0.25, 0.3) is 0 Å². The van der Waals surface area contributed by atoms with E-state index >= 15 is 0 Å². The molecule has 0 spiro atoms. The van der Waals surface area contributed by atoms with Gasteiger partial charge in [-0.05, 0) is 12.1 Å².